The quantitative estimate of drug-likeness (QED) is 0.786. The molecule has 0 saturated carbocycles. The van der Waals surface area contributed by atoms with E-state index >= 15 is 0 Å². The van der Waals surface area contributed by atoms with E-state index in [2.05, 4.69) is 10.3 Å². The molecule has 0 fully saturated rings. The minimum Gasteiger partial charge on any atom is -0.467 e. The van der Waals surface area contributed by atoms with E-state index in [4.69, 9.17) is 9.47 Å². The van der Waals surface area contributed by atoms with E-state index < -0.39 is 0 Å². The van der Waals surface area contributed by atoms with Gasteiger partial charge in [-0.3, -0.25) is 9.78 Å². The van der Waals surface area contributed by atoms with E-state index in [-0.39, 0.29) is 18.7 Å². The summed E-state index contributed by atoms with van der Waals surface area (Å²) in [5, 5.41) is 3.09. The Kier molecular flexibility index (Phi) is 4.62. The number of benzene rings is 2. The number of ether oxygens (including phenoxy) is 2. The second-order valence-electron chi connectivity index (χ2n) is 6.00. The Labute approximate surface area is 151 Å². The summed E-state index contributed by atoms with van der Waals surface area (Å²) < 4.78 is 10.7. The van der Waals surface area contributed by atoms with Crippen LogP contribution in [-0.2, 0) is 11.3 Å². The smallest absolute Gasteiger partial charge is 0.252 e. The van der Waals surface area contributed by atoms with Crippen LogP contribution in [0, 0.1) is 0 Å². The summed E-state index contributed by atoms with van der Waals surface area (Å²) in [6, 6.07) is 20.5. The number of aromatic nitrogens is 1. The maximum Gasteiger partial charge on any atom is 0.252 e. The van der Waals surface area contributed by atoms with Gasteiger partial charge in [0.2, 0.25) is 0 Å². The summed E-state index contributed by atoms with van der Waals surface area (Å²) in [5.41, 5.74) is 3.20. The SMILES string of the molecule is O=C(N[C@@H](c1ccccc1)c1ccccn1)c1ccc2c(c1)COCO2. The van der Waals surface area contributed by atoms with Crippen LogP contribution in [0.1, 0.15) is 33.2 Å². The van der Waals surface area contributed by atoms with Crippen LogP contribution >= 0.6 is 0 Å². The highest BCUT2D eigenvalue weighted by Crippen LogP contribution is 2.25. The fourth-order valence-corrected chi connectivity index (χ4v) is 2.97. The normalized spacial score (nSPS) is 14.0. The number of nitrogens with one attached hydrogen (secondary N) is 1. The Morgan fingerprint density at radius 2 is 1.88 bits per heavy atom. The lowest BCUT2D eigenvalue weighted by molar-refractivity contribution is -0.0163. The number of carbonyl (C=O) groups is 1. The van der Waals surface area contributed by atoms with E-state index in [1.165, 1.54) is 0 Å². The predicted octanol–water partition coefficient (Wildman–Crippen LogP) is 3.47. The lowest BCUT2D eigenvalue weighted by Gasteiger charge is -2.21. The van der Waals surface area contributed by atoms with Crippen molar-refractivity contribution in [2.24, 2.45) is 0 Å². The molecule has 0 unspecified atom stereocenters. The van der Waals surface area contributed by atoms with Crippen LogP contribution in [0.25, 0.3) is 0 Å². The van der Waals surface area contributed by atoms with Crippen LogP contribution < -0.4 is 10.1 Å². The molecule has 1 aliphatic rings. The average molecular weight is 346 g/mol. The number of hydrogen-bond acceptors (Lipinski definition) is 4. The second-order valence-corrected chi connectivity index (χ2v) is 6.00. The van der Waals surface area contributed by atoms with E-state index in [0.29, 0.717) is 12.2 Å². The molecular formula is C21H18N2O3. The maximum atomic E-state index is 12.9. The van der Waals surface area contributed by atoms with Crippen molar-refractivity contribution < 1.29 is 14.3 Å². The third kappa shape index (κ3) is 3.43. The Morgan fingerprint density at radius 1 is 1.04 bits per heavy atom. The third-order valence-corrected chi connectivity index (χ3v) is 4.27. The van der Waals surface area contributed by atoms with Crippen molar-refractivity contribution in [3.8, 4) is 5.75 Å². The molecule has 0 bridgehead atoms. The van der Waals surface area contributed by atoms with Crippen LogP contribution in [0.15, 0.2) is 72.9 Å². The second kappa shape index (κ2) is 7.37. The zero-order valence-electron chi connectivity index (χ0n) is 14.1. The van der Waals surface area contributed by atoms with Gasteiger partial charge in [0.1, 0.15) is 5.75 Å². The molecule has 5 heteroatoms. The molecule has 1 N–H and O–H groups in total. The highest BCUT2D eigenvalue weighted by molar-refractivity contribution is 5.95. The molecule has 0 radical (unpaired) electrons. The molecular weight excluding hydrogens is 328 g/mol. The monoisotopic (exact) mass is 346 g/mol. The summed E-state index contributed by atoms with van der Waals surface area (Å²) >= 11 is 0. The minimum atomic E-state index is -0.326. The van der Waals surface area contributed by atoms with Crippen LogP contribution in [0.2, 0.25) is 0 Å². The van der Waals surface area contributed by atoms with Crippen molar-refractivity contribution in [3.63, 3.8) is 0 Å². The molecule has 130 valence electrons. The van der Waals surface area contributed by atoms with Crippen molar-refractivity contribution in [2.75, 3.05) is 6.79 Å². The minimum absolute atomic E-state index is 0.169. The maximum absolute atomic E-state index is 12.9. The van der Waals surface area contributed by atoms with Gasteiger partial charge in [-0.2, -0.15) is 0 Å². The van der Waals surface area contributed by atoms with E-state index in [0.717, 1.165) is 22.6 Å². The van der Waals surface area contributed by atoms with Gasteiger partial charge in [-0.15, -0.1) is 0 Å². The Bertz CT molecular complexity index is 858. The molecule has 2 aromatic carbocycles. The number of amides is 1. The first kappa shape index (κ1) is 16.3. The van der Waals surface area contributed by atoms with Gasteiger partial charge in [0.25, 0.3) is 5.91 Å². The van der Waals surface area contributed by atoms with Gasteiger partial charge < -0.3 is 14.8 Å². The zero-order valence-corrected chi connectivity index (χ0v) is 14.1. The Morgan fingerprint density at radius 3 is 2.69 bits per heavy atom. The summed E-state index contributed by atoms with van der Waals surface area (Å²) in [5.74, 6) is 0.593. The van der Waals surface area contributed by atoms with Crippen LogP contribution in [-0.4, -0.2) is 17.7 Å². The fourth-order valence-electron chi connectivity index (χ4n) is 2.97. The predicted molar refractivity (Wildman–Crippen MR) is 96.7 cm³/mol. The number of carbonyl (C=O) groups excluding carboxylic acids is 1. The van der Waals surface area contributed by atoms with Gasteiger partial charge in [-0.25, -0.2) is 0 Å². The number of rotatable bonds is 4. The van der Waals surface area contributed by atoms with Gasteiger partial charge in [0, 0.05) is 17.3 Å². The van der Waals surface area contributed by atoms with Crippen molar-refractivity contribution in [1.82, 2.24) is 10.3 Å². The fraction of sp³-hybridized carbons (Fsp3) is 0.143. The third-order valence-electron chi connectivity index (χ3n) is 4.27. The molecule has 26 heavy (non-hydrogen) atoms. The standard InChI is InChI=1S/C21H18N2O3/c24-21(16-9-10-19-17(12-16)13-25-14-26-19)23-20(15-6-2-1-3-7-15)18-8-4-5-11-22-18/h1-12,20H,13-14H2,(H,23,24)/t20-/m0/s1. The van der Waals surface area contributed by atoms with Gasteiger partial charge >= 0.3 is 0 Å². The molecule has 0 saturated heterocycles. The highest BCUT2D eigenvalue weighted by atomic mass is 16.7. The van der Waals surface area contributed by atoms with E-state index in [1.54, 1.807) is 12.3 Å². The van der Waals surface area contributed by atoms with Gasteiger partial charge in [-0.05, 0) is 35.9 Å². The zero-order chi connectivity index (χ0) is 17.8. The van der Waals surface area contributed by atoms with Crippen molar-refractivity contribution in [1.29, 1.82) is 0 Å². The van der Waals surface area contributed by atoms with Crippen molar-refractivity contribution in [2.45, 2.75) is 12.6 Å². The van der Waals surface area contributed by atoms with Gasteiger partial charge in [-0.1, -0.05) is 36.4 Å². The highest BCUT2D eigenvalue weighted by Gasteiger charge is 2.20. The first-order valence-corrected chi connectivity index (χ1v) is 8.41. The molecule has 1 aromatic heterocycles. The van der Waals surface area contributed by atoms with Crippen molar-refractivity contribution >= 4 is 5.91 Å². The lowest BCUT2D eigenvalue weighted by atomic mass is 10.0. The molecule has 5 nitrogen and oxygen atoms in total. The molecule has 0 aliphatic carbocycles. The molecule has 1 atom stereocenters. The summed E-state index contributed by atoms with van der Waals surface area (Å²) in [6.07, 6.45) is 1.73. The van der Waals surface area contributed by atoms with Gasteiger partial charge in [0.15, 0.2) is 6.79 Å². The molecule has 4 rings (SSSR count). The van der Waals surface area contributed by atoms with Gasteiger partial charge in [0.05, 0.1) is 18.3 Å². The van der Waals surface area contributed by atoms with Crippen LogP contribution in [0.3, 0.4) is 0 Å². The topological polar surface area (TPSA) is 60.5 Å². The van der Waals surface area contributed by atoms with Crippen LogP contribution in [0.4, 0.5) is 0 Å². The lowest BCUT2D eigenvalue weighted by Crippen LogP contribution is -2.30. The van der Waals surface area contributed by atoms with E-state index in [1.807, 2.05) is 60.7 Å². The largest absolute Gasteiger partial charge is 0.467 e. The number of hydrogen-bond donors (Lipinski definition) is 1. The average Bonchev–Trinajstić information content (AvgIpc) is 2.72. The van der Waals surface area contributed by atoms with Crippen molar-refractivity contribution in [3.05, 3.63) is 95.3 Å². The summed E-state index contributed by atoms with van der Waals surface area (Å²) in [6.45, 7) is 0.688. The first-order valence-electron chi connectivity index (χ1n) is 8.41. The first-order chi connectivity index (χ1) is 12.8. The number of nitrogens with zero attached hydrogens (tertiary/aromatic N) is 1. The van der Waals surface area contributed by atoms with E-state index in [9.17, 15) is 4.79 Å². The number of fused-ring (bicyclic) bond motifs is 1. The van der Waals surface area contributed by atoms with Crippen LogP contribution in [0.5, 0.6) is 5.75 Å². The molecule has 3 aromatic rings. The summed E-state index contributed by atoms with van der Waals surface area (Å²) in [4.78, 5) is 17.3. The number of pyridine rings is 1. The Hall–Kier alpha value is -3.18. The molecule has 1 amide bonds. The Balaban J connectivity index is 1.62. The molecule has 1 aliphatic heterocycles. The molecule has 0 spiro atoms. The summed E-state index contributed by atoms with van der Waals surface area (Å²) in [7, 11) is 0. The molecule has 2 heterocycles.